The monoisotopic (exact) mass is 429 g/mol. The normalized spacial score (nSPS) is 19.5. The van der Waals surface area contributed by atoms with E-state index in [2.05, 4.69) is 4.90 Å². The molecule has 0 aromatic heterocycles. The minimum atomic E-state index is -3.81. The van der Waals surface area contributed by atoms with Gasteiger partial charge in [-0.05, 0) is 55.8 Å². The molecule has 2 aromatic carbocycles. The Morgan fingerprint density at radius 3 is 2.37 bits per heavy atom. The summed E-state index contributed by atoms with van der Waals surface area (Å²) in [5.74, 6) is 0.503. The summed E-state index contributed by atoms with van der Waals surface area (Å²) in [5.41, 5.74) is 1.27. The van der Waals surface area contributed by atoms with Gasteiger partial charge in [-0.3, -0.25) is 4.79 Å². The van der Waals surface area contributed by atoms with Crippen LogP contribution >= 0.6 is 0 Å². The van der Waals surface area contributed by atoms with Crippen LogP contribution in [-0.2, 0) is 21.4 Å². The molecule has 2 heterocycles. The van der Waals surface area contributed by atoms with E-state index in [1.165, 1.54) is 17.1 Å². The zero-order chi connectivity index (χ0) is 21.1. The highest BCUT2D eigenvalue weighted by Gasteiger charge is 2.36. The number of sulfonamides is 1. The van der Waals surface area contributed by atoms with Gasteiger partial charge in [-0.1, -0.05) is 24.3 Å². The number of fused-ring (bicyclic) bond motifs is 1. The van der Waals surface area contributed by atoms with E-state index in [9.17, 15) is 13.2 Å². The maximum Gasteiger partial charge on any atom is 0.245 e. The fraction of sp³-hybridized carbons (Fsp3) is 0.409. The fourth-order valence-corrected chi connectivity index (χ4v) is 5.63. The molecule has 8 heteroatoms. The Morgan fingerprint density at radius 1 is 0.967 bits per heavy atom. The highest BCUT2D eigenvalue weighted by atomic mass is 32.2. The number of rotatable bonds is 6. The Balaban J connectivity index is 1.62. The van der Waals surface area contributed by atoms with E-state index in [0.29, 0.717) is 18.0 Å². The summed E-state index contributed by atoms with van der Waals surface area (Å²) in [5, 5.41) is 0. The van der Waals surface area contributed by atoms with Gasteiger partial charge in [-0.15, -0.1) is 0 Å². The first-order valence-corrected chi connectivity index (χ1v) is 11.7. The Kier molecular flexibility index (Phi) is 6.08. The van der Waals surface area contributed by atoms with Crippen molar-refractivity contribution in [2.45, 2.75) is 24.3 Å². The molecule has 1 saturated heterocycles. The summed E-state index contributed by atoms with van der Waals surface area (Å²) >= 11 is 0. The molecule has 160 valence electrons. The Labute approximate surface area is 177 Å². The minimum absolute atomic E-state index is 0.131. The van der Waals surface area contributed by atoms with Crippen LogP contribution in [0, 0.1) is 0 Å². The molecule has 1 amide bonds. The lowest BCUT2D eigenvalue weighted by atomic mass is 10.2. The molecular weight excluding hydrogens is 402 g/mol. The van der Waals surface area contributed by atoms with Gasteiger partial charge in [0.2, 0.25) is 15.9 Å². The molecule has 7 nitrogen and oxygen atoms in total. The SMILES string of the molecule is COc1ccc(CN2CC(=O)N(CCN3CCCC3)c3ccccc3S2(=O)=O)cc1. The maximum atomic E-state index is 13.4. The molecule has 0 atom stereocenters. The molecule has 0 N–H and O–H groups in total. The molecule has 0 radical (unpaired) electrons. The molecule has 2 aliphatic heterocycles. The minimum Gasteiger partial charge on any atom is -0.497 e. The Hall–Kier alpha value is -2.42. The third-order valence-corrected chi connectivity index (χ3v) is 7.58. The zero-order valence-corrected chi connectivity index (χ0v) is 18.0. The van der Waals surface area contributed by atoms with Gasteiger partial charge in [0.15, 0.2) is 0 Å². The molecule has 0 saturated carbocycles. The van der Waals surface area contributed by atoms with Gasteiger partial charge >= 0.3 is 0 Å². The number of hydrogen-bond donors (Lipinski definition) is 0. The van der Waals surface area contributed by atoms with Gasteiger partial charge in [0, 0.05) is 19.6 Å². The summed E-state index contributed by atoms with van der Waals surface area (Å²) in [6.07, 6.45) is 2.35. The summed E-state index contributed by atoms with van der Waals surface area (Å²) in [4.78, 5) is 17.3. The summed E-state index contributed by atoms with van der Waals surface area (Å²) < 4.78 is 33.3. The second-order valence-corrected chi connectivity index (χ2v) is 9.59. The van der Waals surface area contributed by atoms with Gasteiger partial charge in [-0.2, -0.15) is 4.31 Å². The van der Waals surface area contributed by atoms with E-state index in [1.54, 1.807) is 48.4 Å². The van der Waals surface area contributed by atoms with Crippen LogP contribution in [0.3, 0.4) is 0 Å². The van der Waals surface area contributed by atoms with Gasteiger partial charge in [0.1, 0.15) is 10.6 Å². The van der Waals surface area contributed by atoms with Crippen LogP contribution in [0.25, 0.3) is 0 Å². The van der Waals surface area contributed by atoms with E-state index >= 15 is 0 Å². The second-order valence-electron chi connectivity index (χ2n) is 7.68. The number of benzene rings is 2. The van der Waals surface area contributed by atoms with Crippen molar-refractivity contribution in [1.82, 2.24) is 9.21 Å². The number of methoxy groups -OCH3 is 1. The van der Waals surface area contributed by atoms with Crippen molar-refractivity contribution >= 4 is 21.6 Å². The zero-order valence-electron chi connectivity index (χ0n) is 17.2. The predicted molar refractivity (Wildman–Crippen MR) is 115 cm³/mol. The standard InChI is InChI=1S/C22H27N3O4S/c1-29-19-10-8-18(9-11-19)16-24-17-22(26)25(15-14-23-12-4-5-13-23)20-6-2-3-7-21(20)30(24,27)28/h2-3,6-11H,4-5,12-17H2,1H3. The molecule has 2 aromatic rings. The summed E-state index contributed by atoms with van der Waals surface area (Å²) in [6, 6.07) is 14.0. The molecule has 1 fully saturated rings. The third-order valence-electron chi connectivity index (χ3n) is 5.74. The number of likely N-dealkylation sites (tertiary alicyclic amines) is 1. The van der Waals surface area contributed by atoms with Crippen LogP contribution in [0.5, 0.6) is 5.75 Å². The van der Waals surface area contributed by atoms with Crippen molar-refractivity contribution in [3.8, 4) is 5.75 Å². The van der Waals surface area contributed by atoms with Crippen LogP contribution in [0.4, 0.5) is 5.69 Å². The van der Waals surface area contributed by atoms with Gasteiger partial charge < -0.3 is 14.5 Å². The van der Waals surface area contributed by atoms with Crippen molar-refractivity contribution in [2.75, 3.05) is 44.7 Å². The average Bonchev–Trinajstić information content (AvgIpc) is 3.25. The highest BCUT2D eigenvalue weighted by Crippen LogP contribution is 2.32. The van der Waals surface area contributed by atoms with Crippen LogP contribution in [0.15, 0.2) is 53.4 Å². The molecule has 0 spiro atoms. The maximum absolute atomic E-state index is 13.4. The van der Waals surface area contributed by atoms with E-state index in [0.717, 1.165) is 25.2 Å². The number of amides is 1. The van der Waals surface area contributed by atoms with E-state index < -0.39 is 10.0 Å². The van der Waals surface area contributed by atoms with Gasteiger partial charge in [0.25, 0.3) is 0 Å². The fourth-order valence-electron chi connectivity index (χ4n) is 4.06. The first-order valence-electron chi connectivity index (χ1n) is 10.2. The number of anilines is 1. The Bertz CT molecular complexity index is 1000. The van der Waals surface area contributed by atoms with Gasteiger partial charge in [0.05, 0.1) is 19.3 Å². The highest BCUT2D eigenvalue weighted by molar-refractivity contribution is 7.89. The molecule has 30 heavy (non-hydrogen) atoms. The number of nitrogens with zero attached hydrogens (tertiary/aromatic N) is 3. The summed E-state index contributed by atoms with van der Waals surface area (Å²) in [6.45, 7) is 3.26. The van der Waals surface area contributed by atoms with Crippen molar-refractivity contribution in [1.29, 1.82) is 0 Å². The number of hydrogen-bond acceptors (Lipinski definition) is 5. The number of carbonyl (C=O) groups excluding carboxylic acids is 1. The van der Waals surface area contributed by atoms with Gasteiger partial charge in [-0.25, -0.2) is 8.42 Å². The van der Waals surface area contributed by atoms with Crippen molar-refractivity contribution < 1.29 is 17.9 Å². The molecule has 4 rings (SSSR count). The smallest absolute Gasteiger partial charge is 0.245 e. The quantitative estimate of drug-likeness (QED) is 0.705. The number of ether oxygens (including phenoxy) is 1. The predicted octanol–water partition coefficient (Wildman–Crippen LogP) is 2.33. The topological polar surface area (TPSA) is 70.2 Å². The van der Waals surface area contributed by atoms with E-state index in [1.807, 2.05) is 12.1 Å². The molecule has 0 unspecified atom stereocenters. The van der Waals surface area contributed by atoms with E-state index in [-0.39, 0.29) is 23.9 Å². The average molecular weight is 430 g/mol. The largest absolute Gasteiger partial charge is 0.497 e. The molecular formula is C22H27N3O4S. The summed E-state index contributed by atoms with van der Waals surface area (Å²) in [7, 11) is -2.23. The molecule has 2 aliphatic rings. The lowest BCUT2D eigenvalue weighted by Crippen LogP contribution is -2.42. The lowest BCUT2D eigenvalue weighted by Gasteiger charge is -2.25. The lowest BCUT2D eigenvalue weighted by molar-refractivity contribution is -0.118. The third kappa shape index (κ3) is 4.21. The first kappa shape index (κ1) is 20.8. The number of carbonyl (C=O) groups is 1. The van der Waals surface area contributed by atoms with Crippen molar-refractivity contribution in [3.05, 3.63) is 54.1 Å². The first-order chi connectivity index (χ1) is 14.5. The Morgan fingerprint density at radius 2 is 1.67 bits per heavy atom. The van der Waals surface area contributed by atoms with Crippen LogP contribution in [0.2, 0.25) is 0 Å². The van der Waals surface area contributed by atoms with Crippen LogP contribution in [0.1, 0.15) is 18.4 Å². The van der Waals surface area contributed by atoms with E-state index in [4.69, 9.17) is 4.74 Å². The van der Waals surface area contributed by atoms with Crippen molar-refractivity contribution in [2.24, 2.45) is 0 Å². The molecule has 0 bridgehead atoms. The molecule has 0 aliphatic carbocycles. The second kappa shape index (κ2) is 8.75. The number of para-hydroxylation sites is 1. The van der Waals surface area contributed by atoms with Crippen molar-refractivity contribution in [3.63, 3.8) is 0 Å². The van der Waals surface area contributed by atoms with Crippen LogP contribution in [-0.4, -0.2) is 63.4 Å². The van der Waals surface area contributed by atoms with Crippen LogP contribution < -0.4 is 9.64 Å².